The van der Waals surface area contributed by atoms with Gasteiger partial charge in [0.25, 0.3) is 0 Å². The second kappa shape index (κ2) is 10.0. The lowest BCUT2D eigenvalue weighted by Gasteiger charge is -2.43. The number of aromatic nitrogens is 3. The summed E-state index contributed by atoms with van der Waals surface area (Å²) < 4.78 is 12.3. The first kappa shape index (κ1) is 24.6. The Balaban J connectivity index is 1.41. The van der Waals surface area contributed by atoms with E-state index in [0.717, 1.165) is 61.7 Å². The van der Waals surface area contributed by atoms with Crippen molar-refractivity contribution in [3.05, 3.63) is 18.6 Å². The number of methoxy groups -OCH3 is 1. The predicted octanol–water partition coefficient (Wildman–Crippen LogP) is 4.05. The van der Waals surface area contributed by atoms with Crippen molar-refractivity contribution in [2.75, 3.05) is 30.9 Å². The molecule has 1 saturated heterocycles. The zero-order valence-corrected chi connectivity index (χ0v) is 21.3. The van der Waals surface area contributed by atoms with Gasteiger partial charge < -0.3 is 19.7 Å². The Morgan fingerprint density at radius 3 is 2.71 bits per heavy atom. The third kappa shape index (κ3) is 5.42. The maximum Gasteiger partial charge on any atom is 0.407 e. The monoisotopic (exact) mass is 489 g/mol. The van der Waals surface area contributed by atoms with E-state index in [-0.39, 0.29) is 23.5 Å². The number of carbonyl (C=O) groups excluding carboxylic acids is 2. The van der Waals surface area contributed by atoms with E-state index in [1.807, 2.05) is 37.6 Å². The number of imidazole rings is 1. The fourth-order valence-electron chi connectivity index (χ4n) is 5.13. The number of thioether (sulfide) groups is 1. The Kier molecular flexibility index (Phi) is 7.25. The first-order valence-electron chi connectivity index (χ1n) is 12.0. The van der Waals surface area contributed by atoms with Crippen LogP contribution in [-0.4, -0.2) is 64.0 Å². The summed E-state index contributed by atoms with van der Waals surface area (Å²) in [5.74, 6) is 1.29. The van der Waals surface area contributed by atoms with Gasteiger partial charge in [-0.2, -0.15) is 0 Å². The number of carbonyl (C=O) groups is 2. The van der Waals surface area contributed by atoms with Gasteiger partial charge in [-0.15, -0.1) is 11.8 Å². The number of anilines is 1. The van der Waals surface area contributed by atoms with E-state index >= 15 is 0 Å². The fourth-order valence-corrected chi connectivity index (χ4v) is 6.03. The lowest BCUT2D eigenvalue weighted by atomic mass is 9.74. The number of hydrogen-bond donors (Lipinski definition) is 1. The Bertz CT molecular complexity index is 1030. The van der Waals surface area contributed by atoms with Crippen LogP contribution in [0.3, 0.4) is 0 Å². The Morgan fingerprint density at radius 1 is 1.24 bits per heavy atom. The van der Waals surface area contributed by atoms with Gasteiger partial charge in [0.2, 0.25) is 5.95 Å². The molecule has 2 aromatic heterocycles. The molecular formula is C24H35N5O4S. The zero-order chi connectivity index (χ0) is 24.3. The van der Waals surface area contributed by atoms with Crippen LogP contribution >= 0.6 is 11.8 Å². The first-order valence-corrected chi connectivity index (χ1v) is 13.0. The Hall–Kier alpha value is -2.49. The number of piperidine rings is 1. The summed E-state index contributed by atoms with van der Waals surface area (Å²) in [7, 11) is 1.40. The molecule has 1 atom stereocenters. The SMILES string of the molecule is COC(=O)CCSc1cnc(N2CCC3(CCC[C@H]3NC(=O)OC(C)(C)C)CC2)n2ccnc12. The van der Waals surface area contributed by atoms with Crippen LogP contribution in [0, 0.1) is 5.41 Å². The molecule has 9 nitrogen and oxygen atoms in total. The first-order chi connectivity index (χ1) is 16.2. The normalized spacial score (nSPS) is 20.0. The molecule has 2 fully saturated rings. The van der Waals surface area contributed by atoms with Gasteiger partial charge in [0, 0.05) is 43.5 Å². The van der Waals surface area contributed by atoms with Crippen molar-refractivity contribution >= 4 is 35.4 Å². The highest BCUT2D eigenvalue weighted by Crippen LogP contribution is 2.47. The zero-order valence-electron chi connectivity index (χ0n) is 20.5. The van der Waals surface area contributed by atoms with Gasteiger partial charge in [0.1, 0.15) is 5.60 Å². The molecule has 1 aliphatic heterocycles. The molecule has 1 N–H and O–H groups in total. The minimum atomic E-state index is -0.495. The summed E-state index contributed by atoms with van der Waals surface area (Å²) in [4.78, 5) is 36.4. The fraction of sp³-hybridized carbons (Fsp3) is 0.667. The van der Waals surface area contributed by atoms with Crippen molar-refractivity contribution in [1.29, 1.82) is 0 Å². The van der Waals surface area contributed by atoms with Gasteiger partial charge >= 0.3 is 12.1 Å². The van der Waals surface area contributed by atoms with E-state index in [9.17, 15) is 9.59 Å². The number of amides is 1. The van der Waals surface area contributed by atoms with Crippen LogP contribution in [0.1, 0.15) is 59.3 Å². The molecule has 2 aromatic rings. The van der Waals surface area contributed by atoms with E-state index in [1.165, 1.54) is 7.11 Å². The predicted molar refractivity (Wildman–Crippen MR) is 131 cm³/mol. The minimum Gasteiger partial charge on any atom is -0.469 e. The van der Waals surface area contributed by atoms with Crippen molar-refractivity contribution in [2.24, 2.45) is 5.41 Å². The Morgan fingerprint density at radius 2 is 2.00 bits per heavy atom. The minimum absolute atomic E-state index is 0.116. The van der Waals surface area contributed by atoms with Crippen LogP contribution in [0.15, 0.2) is 23.5 Å². The van der Waals surface area contributed by atoms with Gasteiger partial charge in [-0.05, 0) is 51.9 Å². The van der Waals surface area contributed by atoms with Crippen LogP contribution in [0.2, 0.25) is 0 Å². The maximum atomic E-state index is 12.4. The molecule has 0 radical (unpaired) electrons. The summed E-state index contributed by atoms with van der Waals surface area (Å²) in [6, 6.07) is 0.152. The van der Waals surface area contributed by atoms with E-state index < -0.39 is 5.60 Å². The molecular weight excluding hydrogens is 454 g/mol. The maximum absolute atomic E-state index is 12.4. The molecule has 186 valence electrons. The lowest BCUT2D eigenvalue weighted by Crippen LogP contribution is -2.51. The lowest BCUT2D eigenvalue weighted by molar-refractivity contribution is -0.140. The average molecular weight is 490 g/mol. The summed E-state index contributed by atoms with van der Waals surface area (Å²) in [6.45, 7) is 7.43. The number of rotatable bonds is 6. The number of fused-ring (bicyclic) bond motifs is 1. The highest BCUT2D eigenvalue weighted by Gasteiger charge is 2.46. The van der Waals surface area contributed by atoms with Crippen molar-refractivity contribution < 1.29 is 19.1 Å². The summed E-state index contributed by atoms with van der Waals surface area (Å²) in [5, 5.41) is 3.17. The van der Waals surface area contributed by atoms with Crippen molar-refractivity contribution in [2.45, 2.75) is 75.8 Å². The smallest absolute Gasteiger partial charge is 0.407 e. The standard InChI is InChI=1S/C24H35N5O4S/c1-23(2,3)33-22(31)27-18-6-5-8-24(18)9-12-28(13-10-24)21-26-16-17(20-25-11-14-29(20)21)34-15-7-19(30)32-4/h11,14,16,18H,5-10,12-13,15H2,1-4H3,(H,27,31)/t18-/m1/s1. The number of alkyl carbamates (subject to hydrolysis) is 1. The third-order valence-electron chi connectivity index (χ3n) is 6.80. The number of hydrogen-bond acceptors (Lipinski definition) is 8. The quantitative estimate of drug-likeness (QED) is 0.479. The molecule has 1 saturated carbocycles. The summed E-state index contributed by atoms with van der Waals surface area (Å²) >= 11 is 1.56. The van der Waals surface area contributed by atoms with Crippen LogP contribution in [-0.2, 0) is 14.3 Å². The molecule has 10 heteroatoms. The summed E-state index contributed by atoms with van der Waals surface area (Å²) in [6.07, 6.45) is 10.9. The van der Waals surface area contributed by atoms with E-state index in [0.29, 0.717) is 12.2 Å². The van der Waals surface area contributed by atoms with E-state index in [1.54, 1.807) is 18.0 Å². The van der Waals surface area contributed by atoms with Crippen LogP contribution in [0.4, 0.5) is 10.7 Å². The molecule has 1 amide bonds. The highest BCUT2D eigenvalue weighted by atomic mass is 32.2. The number of esters is 1. The van der Waals surface area contributed by atoms with Crippen molar-refractivity contribution in [3.8, 4) is 0 Å². The van der Waals surface area contributed by atoms with Crippen molar-refractivity contribution in [3.63, 3.8) is 0 Å². The molecule has 2 aliphatic rings. The second-order valence-electron chi connectivity index (χ2n) is 10.2. The van der Waals surface area contributed by atoms with Gasteiger partial charge in [0.15, 0.2) is 5.65 Å². The third-order valence-corrected chi connectivity index (χ3v) is 7.81. The largest absolute Gasteiger partial charge is 0.469 e. The topological polar surface area (TPSA) is 98.1 Å². The molecule has 0 unspecified atom stereocenters. The van der Waals surface area contributed by atoms with Gasteiger partial charge in [0.05, 0.1) is 18.4 Å². The van der Waals surface area contributed by atoms with Crippen LogP contribution in [0.25, 0.3) is 5.65 Å². The highest BCUT2D eigenvalue weighted by molar-refractivity contribution is 7.99. The molecule has 1 spiro atoms. The molecule has 3 heterocycles. The van der Waals surface area contributed by atoms with E-state index in [2.05, 4.69) is 15.2 Å². The molecule has 0 bridgehead atoms. The molecule has 4 rings (SSSR count). The van der Waals surface area contributed by atoms with E-state index in [4.69, 9.17) is 14.5 Å². The second-order valence-corrected chi connectivity index (χ2v) is 11.3. The number of ether oxygens (including phenoxy) is 2. The Labute approximate surface area is 205 Å². The number of nitrogens with zero attached hydrogens (tertiary/aromatic N) is 4. The van der Waals surface area contributed by atoms with Gasteiger partial charge in [-0.1, -0.05) is 6.42 Å². The van der Waals surface area contributed by atoms with Crippen LogP contribution < -0.4 is 10.2 Å². The summed E-state index contributed by atoms with van der Waals surface area (Å²) in [5.41, 5.74) is 0.473. The van der Waals surface area contributed by atoms with Gasteiger partial charge in [-0.3, -0.25) is 9.20 Å². The number of nitrogens with one attached hydrogen (secondary N) is 1. The van der Waals surface area contributed by atoms with Crippen LogP contribution in [0.5, 0.6) is 0 Å². The molecule has 0 aromatic carbocycles. The molecule has 1 aliphatic carbocycles. The molecule has 34 heavy (non-hydrogen) atoms. The van der Waals surface area contributed by atoms with Crippen molar-refractivity contribution in [1.82, 2.24) is 19.7 Å². The van der Waals surface area contributed by atoms with Gasteiger partial charge in [-0.25, -0.2) is 14.8 Å². The average Bonchev–Trinajstić information content (AvgIpc) is 3.41.